The van der Waals surface area contributed by atoms with Gasteiger partial charge in [-0.2, -0.15) is 5.10 Å². The Kier molecular flexibility index (Phi) is 4.79. The predicted octanol–water partition coefficient (Wildman–Crippen LogP) is -0.0501. The molecule has 1 aliphatic heterocycles. The van der Waals surface area contributed by atoms with Crippen LogP contribution in [0.1, 0.15) is 20.3 Å². The zero-order valence-corrected chi connectivity index (χ0v) is 12.7. The summed E-state index contributed by atoms with van der Waals surface area (Å²) in [6.07, 6.45) is 3.62. The number of nitrogens with one attached hydrogen (secondary N) is 2. The lowest BCUT2D eigenvalue weighted by atomic mass is 10.0. The maximum atomic E-state index is 12.3. The molecule has 20 heavy (non-hydrogen) atoms. The lowest BCUT2D eigenvalue weighted by Gasteiger charge is -2.22. The monoisotopic (exact) mass is 302 g/mol. The summed E-state index contributed by atoms with van der Waals surface area (Å²) in [7, 11) is -3.55. The Morgan fingerprint density at radius 2 is 2.35 bits per heavy atom. The van der Waals surface area contributed by atoms with Crippen LogP contribution in [-0.2, 0) is 21.3 Å². The van der Waals surface area contributed by atoms with Gasteiger partial charge in [-0.25, -0.2) is 13.1 Å². The van der Waals surface area contributed by atoms with Crippen LogP contribution in [0.2, 0.25) is 0 Å². The minimum atomic E-state index is -3.55. The molecule has 0 spiro atoms. The first-order valence-electron chi connectivity index (χ1n) is 6.80. The molecule has 114 valence electrons. The Morgan fingerprint density at radius 1 is 1.55 bits per heavy atom. The molecule has 1 saturated heterocycles. The summed E-state index contributed by atoms with van der Waals surface area (Å²) in [6, 6.07) is 0. The van der Waals surface area contributed by atoms with Gasteiger partial charge in [0.05, 0.1) is 24.9 Å². The number of likely N-dealkylation sites (N-methyl/N-ethyl adjacent to an activating group) is 1. The molecule has 0 amide bonds. The number of hydrogen-bond acceptors (Lipinski definition) is 5. The summed E-state index contributed by atoms with van der Waals surface area (Å²) >= 11 is 0. The Morgan fingerprint density at radius 3 is 3.00 bits per heavy atom. The summed E-state index contributed by atoms with van der Waals surface area (Å²) in [5.74, 6) is 0. The van der Waals surface area contributed by atoms with Crippen LogP contribution < -0.4 is 10.0 Å². The van der Waals surface area contributed by atoms with E-state index in [-0.39, 0.29) is 4.90 Å². The molecule has 7 nitrogen and oxygen atoms in total. The van der Waals surface area contributed by atoms with E-state index in [0.717, 1.165) is 13.1 Å². The van der Waals surface area contributed by atoms with Gasteiger partial charge >= 0.3 is 0 Å². The van der Waals surface area contributed by atoms with Crippen LogP contribution in [0.3, 0.4) is 0 Å². The standard InChI is InChI=1S/C12H22N4O3S/c1-3-13-5-6-16-9-11(8-14-16)20(17,18)15-12(2)4-7-19-10-12/h8-9,13,15H,3-7,10H2,1-2H3. The van der Waals surface area contributed by atoms with Gasteiger partial charge in [0.2, 0.25) is 10.0 Å². The highest BCUT2D eigenvalue weighted by Gasteiger charge is 2.35. The van der Waals surface area contributed by atoms with Crippen molar-refractivity contribution in [1.82, 2.24) is 19.8 Å². The molecular formula is C12H22N4O3S. The molecule has 1 aromatic rings. The van der Waals surface area contributed by atoms with Gasteiger partial charge < -0.3 is 10.1 Å². The van der Waals surface area contributed by atoms with E-state index in [0.29, 0.717) is 26.2 Å². The summed E-state index contributed by atoms with van der Waals surface area (Å²) in [5, 5.41) is 7.24. The summed E-state index contributed by atoms with van der Waals surface area (Å²) in [4.78, 5) is 0.196. The molecule has 0 bridgehead atoms. The van der Waals surface area contributed by atoms with Gasteiger partial charge in [-0.1, -0.05) is 6.92 Å². The molecule has 0 aliphatic carbocycles. The number of rotatable bonds is 7. The van der Waals surface area contributed by atoms with Crippen molar-refractivity contribution in [2.75, 3.05) is 26.3 Å². The maximum Gasteiger partial charge on any atom is 0.244 e. The molecule has 1 atom stereocenters. The van der Waals surface area contributed by atoms with Crippen LogP contribution in [0, 0.1) is 0 Å². The van der Waals surface area contributed by atoms with Crippen LogP contribution in [0.25, 0.3) is 0 Å². The van der Waals surface area contributed by atoms with Gasteiger partial charge in [-0.15, -0.1) is 0 Å². The highest BCUT2D eigenvalue weighted by molar-refractivity contribution is 7.89. The molecule has 0 radical (unpaired) electrons. The zero-order chi connectivity index (χ0) is 14.6. The molecule has 1 aliphatic rings. The molecule has 2 rings (SSSR count). The van der Waals surface area contributed by atoms with Gasteiger partial charge in [0.25, 0.3) is 0 Å². The Balaban J connectivity index is 2.02. The van der Waals surface area contributed by atoms with E-state index in [2.05, 4.69) is 15.1 Å². The topological polar surface area (TPSA) is 85.2 Å². The van der Waals surface area contributed by atoms with Gasteiger partial charge in [-0.05, 0) is 19.9 Å². The molecule has 2 N–H and O–H groups in total. The van der Waals surface area contributed by atoms with Crippen molar-refractivity contribution in [1.29, 1.82) is 0 Å². The molecular weight excluding hydrogens is 280 g/mol. The third-order valence-corrected chi connectivity index (χ3v) is 4.88. The average molecular weight is 302 g/mol. The molecule has 8 heteroatoms. The van der Waals surface area contributed by atoms with Gasteiger partial charge in [0.1, 0.15) is 4.90 Å². The van der Waals surface area contributed by atoms with Gasteiger partial charge in [0.15, 0.2) is 0 Å². The van der Waals surface area contributed by atoms with Crippen molar-refractivity contribution in [3.63, 3.8) is 0 Å². The third kappa shape index (κ3) is 3.78. The van der Waals surface area contributed by atoms with Gasteiger partial charge in [-0.3, -0.25) is 4.68 Å². The average Bonchev–Trinajstić information content (AvgIpc) is 2.98. The van der Waals surface area contributed by atoms with E-state index in [1.807, 2.05) is 13.8 Å². The van der Waals surface area contributed by atoms with Crippen molar-refractivity contribution in [3.05, 3.63) is 12.4 Å². The van der Waals surface area contributed by atoms with E-state index in [9.17, 15) is 8.42 Å². The number of nitrogens with zero attached hydrogens (tertiary/aromatic N) is 2. The largest absolute Gasteiger partial charge is 0.379 e. The molecule has 1 aromatic heterocycles. The lowest BCUT2D eigenvalue weighted by Crippen LogP contribution is -2.46. The first-order chi connectivity index (χ1) is 9.45. The van der Waals surface area contributed by atoms with E-state index in [1.54, 1.807) is 10.9 Å². The fourth-order valence-electron chi connectivity index (χ4n) is 2.11. The molecule has 0 aromatic carbocycles. The van der Waals surface area contributed by atoms with E-state index < -0.39 is 15.6 Å². The van der Waals surface area contributed by atoms with Crippen LogP contribution in [0.15, 0.2) is 17.3 Å². The van der Waals surface area contributed by atoms with Crippen molar-refractivity contribution < 1.29 is 13.2 Å². The quantitative estimate of drug-likeness (QED) is 0.690. The van der Waals surface area contributed by atoms with Crippen molar-refractivity contribution >= 4 is 10.0 Å². The van der Waals surface area contributed by atoms with Crippen molar-refractivity contribution in [2.24, 2.45) is 0 Å². The molecule has 0 saturated carbocycles. The smallest absolute Gasteiger partial charge is 0.244 e. The number of aromatic nitrogens is 2. The Bertz CT molecular complexity index is 535. The van der Waals surface area contributed by atoms with Crippen LogP contribution >= 0.6 is 0 Å². The van der Waals surface area contributed by atoms with Crippen LogP contribution in [0.4, 0.5) is 0 Å². The second-order valence-corrected chi connectivity index (χ2v) is 6.94. The second-order valence-electron chi connectivity index (χ2n) is 5.26. The van der Waals surface area contributed by atoms with Crippen LogP contribution in [0.5, 0.6) is 0 Å². The summed E-state index contributed by atoms with van der Waals surface area (Å²) in [6.45, 7) is 7.15. The first kappa shape index (κ1) is 15.4. The van der Waals surface area contributed by atoms with E-state index in [1.165, 1.54) is 6.20 Å². The molecule has 1 unspecified atom stereocenters. The summed E-state index contributed by atoms with van der Waals surface area (Å²) < 4.78 is 34.2. The van der Waals surface area contributed by atoms with E-state index in [4.69, 9.17) is 4.74 Å². The number of sulfonamides is 1. The predicted molar refractivity (Wildman–Crippen MR) is 74.9 cm³/mol. The second kappa shape index (κ2) is 6.21. The molecule has 1 fully saturated rings. The number of ether oxygens (including phenoxy) is 1. The highest BCUT2D eigenvalue weighted by Crippen LogP contribution is 2.21. The third-order valence-electron chi connectivity index (χ3n) is 3.29. The Hall–Kier alpha value is -0.960. The highest BCUT2D eigenvalue weighted by atomic mass is 32.2. The van der Waals surface area contributed by atoms with E-state index >= 15 is 0 Å². The zero-order valence-electron chi connectivity index (χ0n) is 11.9. The first-order valence-corrected chi connectivity index (χ1v) is 8.28. The lowest BCUT2D eigenvalue weighted by molar-refractivity contribution is 0.178. The fourth-order valence-corrected chi connectivity index (χ4v) is 3.48. The number of hydrogen-bond donors (Lipinski definition) is 2. The van der Waals surface area contributed by atoms with Crippen molar-refractivity contribution in [3.8, 4) is 0 Å². The maximum absolute atomic E-state index is 12.3. The van der Waals surface area contributed by atoms with Gasteiger partial charge in [0, 0.05) is 19.3 Å². The minimum Gasteiger partial charge on any atom is -0.379 e. The SMILES string of the molecule is CCNCCn1cc(S(=O)(=O)NC2(C)CCOC2)cn1. The summed E-state index contributed by atoms with van der Waals surface area (Å²) in [5.41, 5.74) is -0.523. The molecule has 2 heterocycles. The Labute approximate surface area is 119 Å². The fraction of sp³-hybridized carbons (Fsp3) is 0.750. The van der Waals surface area contributed by atoms with Crippen molar-refractivity contribution in [2.45, 2.75) is 37.2 Å². The normalized spacial score (nSPS) is 23.3. The minimum absolute atomic E-state index is 0.196. The van der Waals surface area contributed by atoms with Crippen LogP contribution in [-0.4, -0.2) is 50.0 Å².